The summed E-state index contributed by atoms with van der Waals surface area (Å²) in [4.78, 5) is 4.47. The minimum Gasteiger partial charge on any atom is -0.365 e. The number of hydrogen-bond donors (Lipinski definition) is 0. The lowest BCUT2D eigenvalue weighted by Gasteiger charge is -2.42. The minimum absolute atomic E-state index is 0.120. The Kier molecular flexibility index (Phi) is 8.24. The largest absolute Gasteiger partial charge is 0.365 e. The Morgan fingerprint density at radius 3 is 2.11 bits per heavy atom. The molecule has 0 aromatic heterocycles. The molecular weight excluding hydrogens is 328 g/mol. The van der Waals surface area contributed by atoms with Gasteiger partial charge in [0.1, 0.15) is 0 Å². The van der Waals surface area contributed by atoms with E-state index in [0.717, 1.165) is 31.1 Å². The summed E-state index contributed by atoms with van der Waals surface area (Å²) in [6.45, 7) is 26.7. The van der Waals surface area contributed by atoms with Crippen molar-refractivity contribution in [3.8, 4) is 11.8 Å². The van der Waals surface area contributed by atoms with Crippen molar-refractivity contribution in [1.29, 1.82) is 0 Å². The molecule has 2 nitrogen and oxygen atoms in total. The first-order valence-electron chi connectivity index (χ1n) is 10.5. The number of likely N-dealkylation sites (tertiary alicyclic amines) is 1. The lowest BCUT2D eigenvalue weighted by atomic mass is 9.76. The molecule has 0 aromatic rings. The van der Waals surface area contributed by atoms with Gasteiger partial charge < -0.3 is 4.90 Å². The molecule has 0 saturated carbocycles. The fraction of sp³-hybridized carbons (Fsp3) is 0.760. The smallest absolute Gasteiger partial charge is 0.0807 e. The van der Waals surface area contributed by atoms with Crippen LogP contribution >= 0.6 is 0 Å². The summed E-state index contributed by atoms with van der Waals surface area (Å²) in [6.07, 6.45) is 3.67. The van der Waals surface area contributed by atoms with E-state index in [9.17, 15) is 0 Å². The Labute approximate surface area is 170 Å². The highest BCUT2D eigenvalue weighted by Gasteiger charge is 2.29. The molecule has 154 valence electrons. The first-order chi connectivity index (χ1) is 12.2. The monoisotopic (exact) mass is 372 g/mol. The van der Waals surface area contributed by atoms with E-state index in [-0.39, 0.29) is 5.54 Å². The number of nitrogens with zero attached hydrogens (tertiary/aromatic N) is 2. The molecule has 0 bridgehead atoms. The van der Waals surface area contributed by atoms with Gasteiger partial charge in [-0.15, -0.1) is 0 Å². The van der Waals surface area contributed by atoms with Crippen LogP contribution in [0.25, 0.3) is 0 Å². The molecule has 1 rings (SSSR count). The molecule has 0 aliphatic carbocycles. The third kappa shape index (κ3) is 7.74. The highest BCUT2D eigenvalue weighted by atomic mass is 15.2. The molecule has 1 heterocycles. The van der Waals surface area contributed by atoms with Crippen molar-refractivity contribution >= 4 is 0 Å². The SMILES string of the molecule is C=C(CC(C)(C)C)C(CCC1CN(C(=C)C#CC(C)(C)N(C)C)C1)C(C)C. The van der Waals surface area contributed by atoms with E-state index in [4.69, 9.17) is 0 Å². The summed E-state index contributed by atoms with van der Waals surface area (Å²) < 4.78 is 0. The van der Waals surface area contributed by atoms with Crippen molar-refractivity contribution in [1.82, 2.24) is 9.80 Å². The van der Waals surface area contributed by atoms with E-state index in [0.29, 0.717) is 17.3 Å². The molecule has 0 spiro atoms. The first kappa shape index (κ1) is 23.8. The second kappa shape index (κ2) is 9.33. The molecule has 27 heavy (non-hydrogen) atoms. The fourth-order valence-electron chi connectivity index (χ4n) is 3.63. The molecule has 0 amide bonds. The molecule has 0 radical (unpaired) electrons. The van der Waals surface area contributed by atoms with Crippen LogP contribution < -0.4 is 0 Å². The van der Waals surface area contributed by atoms with Gasteiger partial charge in [-0.3, -0.25) is 4.90 Å². The Bertz CT molecular complexity index is 572. The maximum atomic E-state index is 4.44. The van der Waals surface area contributed by atoms with Crippen molar-refractivity contribution in [2.75, 3.05) is 27.2 Å². The lowest BCUT2D eigenvalue weighted by Crippen LogP contribution is -2.45. The average Bonchev–Trinajstić information content (AvgIpc) is 2.44. The van der Waals surface area contributed by atoms with Gasteiger partial charge in [0.05, 0.1) is 11.2 Å². The first-order valence-corrected chi connectivity index (χ1v) is 10.5. The summed E-state index contributed by atoms with van der Waals surface area (Å²) in [7, 11) is 4.13. The Morgan fingerprint density at radius 2 is 1.67 bits per heavy atom. The van der Waals surface area contributed by atoms with Gasteiger partial charge >= 0.3 is 0 Å². The minimum atomic E-state index is -0.120. The van der Waals surface area contributed by atoms with E-state index in [1.54, 1.807) is 0 Å². The zero-order chi connectivity index (χ0) is 21.0. The van der Waals surface area contributed by atoms with E-state index >= 15 is 0 Å². The van der Waals surface area contributed by atoms with Crippen LogP contribution in [0.3, 0.4) is 0 Å². The molecule has 1 saturated heterocycles. The van der Waals surface area contributed by atoms with Gasteiger partial charge in [-0.2, -0.15) is 0 Å². The molecule has 0 N–H and O–H groups in total. The zero-order valence-corrected chi connectivity index (χ0v) is 19.6. The summed E-state index contributed by atoms with van der Waals surface area (Å²) in [6, 6.07) is 0. The molecule has 1 aliphatic heterocycles. The van der Waals surface area contributed by atoms with Gasteiger partial charge in [-0.05, 0) is 76.3 Å². The topological polar surface area (TPSA) is 6.48 Å². The molecule has 0 aromatic carbocycles. The fourth-order valence-corrected chi connectivity index (χ4v) is 3.63. The van der Waals surface area contributed by atoms with Gasteiger partial charge in [-0.25, -0.2) is 0 Å². The number of rotatable bonds is 8. The molecule has 2 heteroatoms. The molecular formula is C25H44N2. The van der Waals surface area contributed by atoms with Crippen molar-refractivity contribution in [3.63, 3.8) is 0 Å². The second-order valence-electron chi connectivity index (χ2n) is 10.7. The lowest BCUT2D eigenvalue weighted by molar-refractivity contribution is 0.133. The van der Waals surface area contributed by atoms with Gasteiger partial charge in [0.15, 0.2) is 0 Å². The second-order valence-corrected chi connectivity index (χ2v) is 10.7. The summed E-state index contributed by atoms with van der Waals surface area (Å²) >= 11 is 0. The van der Waals surface area contributed by atoms with Crippen molar-refractivity contribution in [2.45, 2.75) is 73.3 Å². The highest BCUT2D eigenvalue weighted by molar-refractivity contribution is 5.30. The van der Waals surface area contributed by atoms with E-state index in [1.165, 1.54) is 18.4 Å². The van der Waals surface area contributed by atoms with Crippen LogP contribution in [-0.4, -0.2) is 42.5 Å². The zero-order valence-electron chi connectivity index (χ0n) is 19.6. The van der Waals surface area contributed by atoms with Crippen LogP contribution in [0.5, 0.6) is 0 Å². The summed E-state index contributed by atoms with van der Waals surface area (Å²) in [5.41, 5.74) is 2.62. The van der Waals surface area contributed by atoms with Crippen LogP contribution in [0.4, 0.5) is 0 Å². The van der Waals surface area contributed by atoms with E-state index in [1.807, 2.05) is 0 Å². The average molecular weight is 373 g/mol. The van der Waals surface area contributed by atoms with Gasteiger partial charge in [-0.1, -0.05) is 59.3 Å². The van der Waals surface area contributed by atoms with Gasteiger partial charge in [0.25, 0.3) is 0 Å². The van der Waals surface area contributed by atoms with Crippen molar-refractivity contribution < 1.29 is 0 Å². The third-order valence-corrected chi connectivity index (χ3v) is 5.94. The van der Waals surface area contributed by atoms with Gasteiger partial charge in [0.2, 0.25) is 0 Å². The molecule has 1 fully saturated rings. The predicted molar refractivity (Wildman–Crippen MR) is 121 cm³/mol. The highest BCUT2D eigenvalue weighted by Crippen LogP contribution is 2.35. The maximum absolute atomic E-state index is 4.44. The normalized spacial score (nSPS) is 16.8. The number of allylic oxidation sites excluding steroid dienone is 2. The van der Waals surface area contributed by atoms with Gasteiger partial charge in [0, 0.05) is 13.1 Å². The van der Waals surface area contributed by atoms with Crippen LogP contribution in [0.15, 0.2) is 24.4 Å². The summed E-state index contributed by atoms with van der Waals surface area (Å²) in [5, 5.41) is 0. The standard InChI is InChI=1S/C25H44N2/c1-19(2)23(20(3)16-24(5,6)7)13-12-22-17-27(18-22)21(4)14-15-25(8,9)26(10)11/h19,22-23H,3-4,12-13,16-18H2,1-2,5-11H3. The van der Waals surface area contributed by atoms with Crippen molar-refractivity contribution in [3.05, 3.63) is 24.4 Å². The number of hydrogen-bond acceptors (Lipinski definition) is 2. The Hall–Kier alpha value is -1.20. The van der Waals surface area contributed by atoms with Crippen molar-refractivity contribution in [2.24, 2.45) is 23.2 Å². The van der Waals surface area contributed by atoms with Crippen LogP contribution in [0, 0.1) is 35.0 Å². The molecule has 1 atom stereocenters. The van der Waals surface area contributed by atoms with E-state index in [2.05, 4.69) is 97.4 Å². The maximum Gasteiger partial charge on any atom is 0.0807 e. The van der Waals surface area contributed by atoms with Crippen LogP contribution in [-0.2, 0) is 0 Å². The Balaban J connectivity index is 2.48. The van der Waals surface area contributed by atoms with E-state index < -0.39 is 0 Å². The van der Waals surface area contributed by atoms with Crippen LogP contribution in [0.2, 0.25) is 0 Å². The van der Waals surface area contributed by atoms with Crippen LogP contribution in [0.1, 0.15) is 67.7 Å². The Morgan fingerprint density at radius 1 is 1.11 bits per heavy atom. The third-order valence-electron chi connectivity index (χ3n) is 5.94. The quantitative estimate of drug-likeness (QED) is 0.391. The molecule has 1 unspecified atom stereocenters. The predicted octanol–water partition coefficient (Wildman–Crippen LogP) is 5.82. The molecule has 1 aliphatic rings. The summed E-state index contributed by atoms with van der Waals surface area (Å²) in [5.74, 6) is 8.71.